The normalized spacial score (nSPS) is 17.7. The van der Waals surface area contributed by atoms with Gasteiger partial charge >= 0.3 is 0 Å². The highest BCUT2D eigenvalue weighted by molar-refractivity contribution is 7.99. The first-order valence-corrected chi connectivity index (χ1v) is 11.3. The van der Waals surface area contributed by atoms with Crippen LogP contribution in [0.3, 0.4) is 0 Å². The van der Waals surface area contributed by atoms with Crippen molar-refractivity contribution in [3.8, 4) is 0 Å². The van der Waals surface area contributed by atoms with Crippen LogP contribution in [0.5, 0.6) is 0 Å². The van der Waals surface area contributed by atoms with E-state index in [1.807, 2.05) is 25.3 Å². The van der Waals surface area contributed by atoms with Gasteiger partial charge in [0.1, 0.15) is 0 Å². The molecule has 0 aliphatic carbocycles. The van der Waals surface area contributed by atoms with Gasteiger partial charge in [-0.25, -0.2) is 13.1 Å². The molecule has 1 atom stereocenters. The van der Waals surface area contributed by atoms with E-state index in [1.54, 1.807) is 35.2 Å². The third-order valence-corrected chi connectivity index (χ3v) is 7.94. The van der Waals surface area contributed by atoms with E-state index in [4.69, 9.17) is 0 Å². The van der Waals surface area contributed by atoms with Crippen molar-refractivity contribution in [3.05, 3.63) is 40.1 Å². The van der Waals surface area contributed by atoms with E-state index in [9.17, 15) is 13.2 Å². The van der Waals surface area contributed by atoms with Gasteiger partial charge < -0.3 is 5.32 Å². The molecule has 0 saturated carbocycles. The summed E-state index contributed by atoms with van der Waals surface area (Å²) in [6, 6.07) is 6.92. The zero-order valence-electron chi connectivity index (χ0n) is 14.0. The Bertz CT molecular complexity index is 890. The molecule has 2 heterocycles. The van der Waals surface area contributed by atoms with Crippen molar-refractivity contribution in [1.82, 2.24) is 4.72 Å². The third kappa shape index (κ3) is 4.25. The maximum Gasteiger partial charge on any atom is 0.240 e. The fraction of sp³-hybridized carbons (Fsp3) is 0.353. The van der Waals surface area contributed by atoms with E-state index in [0.717, 1.165) is 4.90 Å². The van der Waals surface area contributed by atoms with Crippen LogP contribution in [0, 0.1) is 12.8 Å². The predicted octanol–water partition coefficient (Wildman–Crippen LogP) is 3.26. The van der Waals surface area contributed by atoms with Crippen molar-refractivity contribution in [1.29, 1.82) is 0 Å². The molecule has 1 aliphatic rings. The van der Waals surface area contributed by atoms with Crippen molar-refractivity contribution in [3.63, 3.8) is 0 Å². The van der Waals surface area contributed by atoms with Gasteiger partial charge in [-0.1, -0.05) is 6.92 Å². The van der Waals surface area contributed by atoms with Gasteiger partial charge in [0, 0.05) is 28.0 Å². The van der Waals surface area contributed by atoms with E-state index in [0.29, 0.717) is 24.4 Å². The number of fused-ring (bicyclic) bond motifs is 1. The van der Waals surface area contributed by atoms with Gasteiger partial charge in [0.05, 0.1) is 10.6 Å². The second-order valence-electron chi connectivity index (χ2n) is 6.03. The monoisotopic (exact) mass is 396 g/mol. The summed E-state index contributed by atoms with van der Waals surface area (Å²) in [5.41, 5.74) is 1.75. The minimum absolute atomic E-state index is 0.0815. The molecule has 1 aromatic heterocycles. The summed E-state index contributed by atoms with van der Waals surface area (Å²) in [6.45, 7) is 4.23. The third-order valence-electron chi connectivity index (χ3n) is 4.07. The number of anilines is 1. The van der Waals surface area contributed by atoms with Crippen molar-refractivity contribution < 1.29 is 13.2 Å². The first-order chi connectivity index (χ1) is 11.9. The Morgan fingerprint density at radius 2 is 2.12 bits per heavy atom. The SMILES string of the molecule is Cc1ccsc1CCNS(=O)(=O)c1ccc2c(c1)NC(=O)[C@@H](C)CS2. The Morgan fingerprint density at radius 1 is 1.32 bits per heavy atom. The maximum atomic E-state index is 12.5. The molecule has 1 amide bonds. The Hall–Kier alpha value is -1.35. The lowest BCUT2D eigenvalue weighted by atomic mass is 10.2. The molecule has 3 rings (SSSR count). The van der Waals surface area contributed by atoms with Gasteiger partial charge in [0.15, 0.2) is 0 Å². The Labute approximate surface area is 156 Å². The number of nitrogens with one attached hydrogen (secondary N) is 2. The summed E-state index contributed by atoms with van der Waals surface area (Å²) in [4.78, 5) is 14.2. The van der Waals surface area contributed by atoms with Gasteiger partial charge in [-0.15, -0.1) is 23.1 Å². The average Bonchev–Trinajstić information content (AvgIpc) is 2.91. The van der Waals surface area contributed by atoms with Crippen molar-refractivity contribution in [2.75, 3.05) is 17.6 Å². The lowest BCUT2D eigenvalue weighted by Gasteiger charge is -2.11. The molecule has 8 heteroatoms. The molecule has 0 saturated heterocycles. The molecule has 0 bridgehead atoms. The van der Waals surface area contributed by atoms with Crippen molar-refractivity contribution in [2.45, 2.75) is 30.1 Å². The Balaban J connectivity index is 1.73. The van der Waals surface area contributed by atoms with Crippen LogP contribution in [0.25, 0.3) is 0 Å². The molecular formula is C17H20N2O3S3. The number of carbonyl (C=O) groups is 1. The average molecular weight is 397 g/mol. The molecule has 1 aliphatic heterocycles. The second-order valence-corrected chi connectivity index (χ2v) is 9.86. The zero-order chi connectivity index (χ0) is 18.0. The number of amides is 1. The smallest absolute Gasteiger partial charge is 0.240 e. The molecule has 25 heavy (non-hydrogen) atoms. The summed E-state index contributed by atoms with van der Waals surface area (Å²) in [5.74, 6) is 0.495. The van der Waals surface area contributed by atoms with Crippen LogP contribution in [0.2, 0.25) is 0 Å². The van der Waals surface area contributed by atoms with Gasteiger partial charge in [-0.05, 0) is 48.6 Å². The van der Waals surface area contributed by atoms with Crippen LogP contribution in [0.1, 0.15) is 17.4 Å². The summed E-state index contributed by atoms with van der Waals surface area (Å²) in [6.07, 6.45) is 0.664. The quantitative estimate of drug-likeness (QED) is 0.813. The zero-order valence-corrected chi connectivity index (χ0v) is 16.5. The van der Waals surface area contributed by atoms with Crippen molar-refractivity contribution in [2.24, 2.45) is 5.92 Å². The van der Waals surface area contributed by atoms with Gasteiger partial charge in [-0.2, -0.15) is 0 Å². The number of thioether (sulfide) groups is 1. The van der Waals surface area contributed by atoms with E-state index in [1.165, 1.54) is 16.5 Å². The fourth-order valence-electron chi connectivity index (χ4n) is 2.49. The number of benzene rings is 1. The minimum Gasteiger partial charge on any atom is -0.325 e. The number of aryl methyl sites for hydroxylation is 1. The van der Waals surface area contributed by atoms with Crippen LogP contribution in [-0.2, 0) is 21.2 Å². The number of hydrogen-bond donors (Lipinski definition) is 2. The summed E-state index contributed by atoms with van der Waals surface area (Å²) < 4.78 is 27.7. The highest BCUT2D eigenvalue weighted by Crippen LogP contribution is 2.34. The molecule has 0 radical (unpaired) electrons. The van der Waals surface area contributed by atoms with Crippen LogP contribution >= 0.6 is 23.1 Å². The topological polar surface area (TPSA) is 75.3 Å². The second kappa shape index (κ2) is 7.49. The highest BCUT2D eigenvalue weighted by atomic mass is 32.2. The fourth-order valence-corrected chi connectivity index (χ4v) is 5.47. The van der Waals surface area contributed by atoms with Crippen LogP contribution < -0.4 is 10.0 Å². The summed E-state index contributed by atoms with van der Waals surface area (Å²) >= 11 is 3.19. The lowest BCUT2D eigenvalue weighted by molar-refractivity contribution is -0.118. The molecular weight excluding hydrogens is 376 g/mol. The molecule has 134 valence electrons. The molecule has 0 unspecified atom stereocenters. The number of sulfonamides is 1. The molecule has 0 fully saturated rings. The molecule has 2 N–H and O–H groups in total. The van der Waals surface area contributed by atoms with E-state index in [2.05, 4.69) is 10.0 Å². The van der Waals surface area contributed by atoms with Gasteiger partial charge in [0.25, 0.3) is 0 Å². The van der Waals surface area contributed by atoms with Crippen LogP contribution in [0.4, 0.5) is 5.69 Å². The number of carbonyl (C=O) groups excluding carboxylic acids is 1. The van der Waals surface area contributed by atoms with E-state index >= 15 is 0 Å². The molecule has 1 aromatic carbocycles. The van der Waals surface area contributed by atoms with Crippen molar-refractivity contribution >= 4 is 44.7 Å². The molecule has 2 aromatic rings. The number of thiophene rings is 1. The van der Waals surface area contributed by atoms with Crippen LogP contribution in [-0.4, -0.2) is 26.6 Å². The van der Waals surface area contributed by atoms with Gasteiger partial charge in [-0.3, -0.25) is 4.79 Å². The lowest BCUT2D eigenvalue weighted by Crippen LogP contribution is -2.26. The van der Waals surface area contributed by atoms with E-state index in [-0.39, 0.29) is 16.7 Å². The van der Waals surface area contributed by atoms with E-state index < -0.39 is 10.0 Å². The highest BCUT2D eigenvalue weighted by Gasteiger charge is 2.22. The Kier molecular flexibility index (Phi) is 5.52. The van der Waals surface area contributed by atoms with Gasteiger partial charge in [0.2, 0.25) is 15.9 Å². The predicted molar refractivity (Wildman–Crippen MR) is 103 cm³/mol. The standard InChI is InChI=1S/C17H20N2O3S3/c1-11-6-8-23-15(11)5-7-18-25(21,22)13-3-4-16-14(9-13)19-17(20)12(2)10-24-16/h3-4,6,8-9,12,18H,5,7,10H2,1-2H3,(H,19,20)/t12-/m0/s1. The molecule has 5 nitrogen and oxygen atoms in total. The summed E-state index contributed by atoms with van der Waals surface area (Å²) in [7, 11) is -3.61. The largest absolute Gasteiger partial charge is 0.325 e. The van der Waals surface area contributed by atoms with Crippen LogP contribution in [0.15, 0.2) is 39.4 Å². The number of hydrogen-bond acceptors (Lipinski definition) is 5. The molecule has 0 spiro atoms. The first-order valence-electron chi connectivity index (χ1n) is 7.97. The summed E-state index contributed by atoms with van der Waals surface area (Å²) in [5, 5.41) is 4.83. The maximum absolute atomic E-state index is 12.5. The number of rotatable bonds is 5. The minimum atomic E-state index is -3.61. The Morgan fingerprint density at radius 3 is 2.84 bits per heavy atom. The first kappa shape index (κ1) is 18.4.